The van der Waals surface area contributed by atoms with Crippen LogP contribution in [0.2, 0.25) is 0 Å². The average molecular weight is 283 g/mol. The lowest BCUT2D eigenvalue weighted by Gasteiger charge is -2.27. The molecule has 20 heavy (non-hydrogen) atoms. The zero-order chi connectivity index (χ0) is 14.9. The number of nitrogens with zero attached hydrogens (tertiary/aromatic N) is 1. The van der Waals surface area contributed by atoms with Crippen molar-refractivity contribution in [1.29, 1.82) is 0 Å². The predicted octanol–water partition coefficient (Wildman–Crippen LogP) is 0.419. The van der Waals surface area contributed by atoms with Crippen LogP contribution in [0.5, 0.6) is 0 Å². The molecule has 114 valence electrons. The van der Waals surface area contributed by atoms with E-state index >= 15 is 0 Å². The van der Waals surface area contributed by atoms with Crippen LogP contribution < -0.4 is 11.3 Å². The summed E-state index contributed by atoms with van der Waals surface area (Å²) in [5, 5.41) is 0. The number of hydrogen-bond donors (Lipinski definition) is 2. The first-order valence-electron chi connectivity index (χ1n) is 7.25. The Kier molecular flexibility index (Phi) is 4.34. The molecule has 3 N–H and O–H groups in total. The van der Waals surface area contributed by atoms with E-state index in [4.69, 9.17) is 10.6 Å². The van der Waals surface area contributed by atoms with Gasteiger partial charge < -0.3 is 9.64 Å². The third kappa shape index (κ3) is 3.30. The van der Waals surface area contributed by atoms with Gasteiger partial charge in [-0.25, -0.2) is 5.84 Å². The second kappa shape index (κ2) is 5.69. The Morgan fingerprint density at radius 2 is 2.15 bits per heavy atom. The zero-order valence-corrected chi connectivity index (χ0v) is 12.5. The summed E-state index contributed by atoms with van der Waals surface area (Å²) in [6.45, 7) is 7.88. The van der Waals surface area contributed by atoms with Crippen molar-refractivity contribution in [3.63, 3.8) is 0 Å². The van der Waals surface area contributed by atoms with E-state index in [9.17, 15) is 9.59 Å². The molecule has 2 aliphatic rings. The van der Waals surface area contributed by atoms with Gasteiger partial charge in [0, 0.05) is 19.5 Å². The summed E-state index contributed by atoms with van der Waals surface area (Å²) < 4.78 is 5.66. The van der Waals surface area contributed by atoms with E-state index in [1.807, 2.05) is 4.90 Å². The highest BCUT2D eigenvalue weighted by Gasteiger charge is 2.39. The molecule has 0 aromatic carbocycles. The Hall–Kier alpha value is -1.14. The van der Waals surface area contributed by atoms with Gasteiger partial charge in [0.25, 0.3) is 5.91 Å². The molecule has 2 fully saturated rings. The van der Waals surface area contributed by atoms with E-state index in [0.717, 1.165) is 13.0 Å². The van der Waals surface area contributed by atoms with Gasteiger partial charge in [-0.1, -0.05) is 20.8 Å². The summed E-state index contributed by atoms with van der Waals surface area (Å²) >= 11 is 0. The number of carbonyl (C=O) groups is 2. The van der Waals surface area contributed by atoms with Crippen molar-refractivity contribution in [3.8, 4) is 0 Å². The maximum Gasteiger partial charge on any atom is 0.263 e. The quantitative estimate of drug-likeness (QED) is 0.446. The Bertz CT molecular complexity index is 392. The maximum absolute atomic E-state index is 12.1. The molecular weight excluding hydrogens is 258 g/mol. The molecule has 3 atom stereocenters. The van der Waals surface area contributed by atoms with E-state index in [2.05, 4.69) is 26.2 Å². The normalized spacial score (nSPS) is 30.9. The minimum Gasteiger partial charge on any atom is -0.363 e. The van der Waals surface area contributed by atoms with Gasteiger partial charge in [0.15, 0.2) is 0 Å². The summed E-state index contributed by atoms with van der Waals surface area (Å²) in [6.07, 6.45) is 1.55. The molecule has 2 heterocycles. The smallest absolute Gasteiger partial charge is 0.263 e. The van der Waals surface area contributed by atoms with Crippen LogP contribution in [0.15, 0.2) is 0 Å². The fourth-order valence-corrected chi connectivity index (χ4v) is 2.90. The number of hydrazine groups is 1. The first kappa shape index (κ1) is 15.3. The first-order valence-corrected chi connectivity index (χ1v) is 7.25. The van der Waals surface area contributed by atoms with Crippen molar-refractivity contribution in [3.05, 3.63) is 0 Å². The fourth-order valence-electron chi connectivity index (χ4n) is 2.90. The highest BCUT2D eigenvalue weighted by atomic mass is 16.5. The average Bonchev–Trinajstić information content (AvgIpc) is 2.96. The number of carbonyl (C=O) groups excluding carboxylic acids is 2. The highest BCUT2D eigenvalue weighted by molar-refractivity contribution is 5.80. The van der Waals surface area contributed by atoms with Crippen molar-refractivity contribution in [2.24, 2.45) is 17.2 Å². The molecule has 2 aliphatic heterocycles. The number of rotatable bonds is 3. The maximum atomic E-state index is 12.1. The van der Waals surface area contributed by atoms with Crippen LogP contribution in [-0.4, -0.2) is 42.0 Å². The minimum absolute atomic E-state index is 0.0556. The van der Waals surface area contributed by atoms with E-state index in [-0.39, 0.29) is 23.3 Å². The molecule has 0 bridgehead atoms. The molecule has 2 saturated heterocycles. The lowest BCUT2D eigenvalue weighted by Crippen LogP contribution is -2.40. The van der Waals surface area contributed by atoms with E-state index in [1.54, 1.807) is 0 Å². The number of likely N-dealkylation sites (tertiary alicyclic amines) is 1. The molecule has 0 radical (unpaired) electrons. The lowest BCUT2D eigenvalue weighted by atomic mass is 9.80. The lowest BCUT2D eigenvalue weighted by molar-refractivity contribution is -0.134. The van der Waals surface area contributed by atoms with Gasteiger partial charge in [-0.15, -0.1) is 0 Å². The number of nitrogens with one attached hydrogen (secondary N) is 1. The minimum atomic E-state index is -0.471. The zero-order valence-electron chi connectivity index (χ0n) is 12.5. The summed E-state index contributed by atoms with van der Waals surface area (Å²) in [5.74, 6) is 5.40. The molecule has 2 amide bonds. The van der Waals surface area contributed by atoms with Crippen molar-refractivity contribution < 1.29 is 14.3 Å². The molecule has 6 nitrogen and oxygen atoms in total. The van der Waals surface area contributed by atoms with Crippen LogP contribution >= 0.6 is 0 Å². The van der Waals surface area contributed by atoms with Crippen molar-refractivity contribution in [2.75, 3.05) is 13.1 Å². The van der Waals surface area contributed by atoms with E-state index in [1.165, 1.54) is 0 Å². The van der Waals surface area contributed by atoms with Crippen LogP contribution in [0.3, 0.4) is 0 Å². The number of nitrogens with two attached hydrogens (primary N) is 1. The van der Waals surface area contributed by atoms with Gasteiger partial charge in [-0.2, -0.15) is 0 Å². The van der Waals surface area contributed by atoms with E-state index < -0.39 is 6.10 Å². The van der Waals surface area contributed by atoms with E-state index in [0.29, 0.717) is 25.3 Å². The molecule has 0 aliphatic carbocycles. The fraction of sp³-hybridized carbons (Fsp3) is 0.857. The molecular formula is C14H25N3O3. The summed E-state index contributed by atoms with van der Waals surface area (Å²) in [7, 11) is 0. The number of hydrogen-bond acceptors (Lipinski definition) is 4. The Balaban J connectivity index is 1.86. The monoisotopic (exact) mass is 283 g/mol. The molecule has 3 unspecified atom stereocenters. The van der Waals surface area contributed by atoms with Gasteiger partial charge in [-0.3, -0.25) is 15.0 Å². The van der Waals surface area contributed by atoms with Gasteiger partial charge in [0.1, 0.15) is 6.10 Å². The van der Waals surface area contributed by atoms with Gasteiger partial charge in [0.05, 0.1) is 6.10 Å². The SMILES string of the molecule is CC(C)(C)C1CC(=O)N(CC2CCC(C(=O)NN)O2)C1. The van der Waals surface area contributed by atoms with Crippen molar-refractivity contribution in [2.45, 2.75) is 52.2 Å². The molecule has 0 spiro atoms. The molecule has 0 aromatic rings. The second-order valence-electron chi connectivity index (χ2n) is 6.90. The highest BCUT2D eigenvalue weighted by Crippen LogP contribution is 2.35. The standard InChI is InChI=1S/C14H25N3O3/c1-14(2,3)9-6-12(18)17(7-9)8-10-4-5-11(20-10)13(19)16-15/h9-11H,4-8,15H2,1-3H3,(H,16,19). The number of ether oxygens (including phenoxy) is 1. The van der Waals surface area contributed by atoms with Crippen molar-refractivity contribution in [1.82, 2.24) is 10.3 Å². The van der Waals surface area contributed by atoms with Gasteiger partial charge in [-0.05, 0) is 24.2 Å². The third-order valence-electron chi connectivity index (χ3n) is 4.41. The van der Waals surface area contributed by atoms with Crippen LogP contribution in [0, 0.1) is 11.3 Å². The Morgan fingerprint density at radius 3 is 2.70 bits per heavy atom. The summed E-state index contributed by atoms with van der Waals surface area (Å²) in [4.78, 5) is 25.3. The number of amides is 2. The van der Waals surface area contributed by atoms with Gasteiger partial charge in [0.2, 0.25) is 5.91 Å². The summed E-state index contributed by atoms with van der Waals surface area (Å²) in [6, 6.07) is 0. The molecule has 6 heteroatoms. The van der Waals surface area contributed by atoms with Crippen LogP contribution in [0.1, 0.15) is 40.0 Å². The Labute approximate surface area is 120 Å². The molecule has 0 saturated carbocycles. The first-order chi connectivity index (χ1) is 9.31. The topological polar surface area (TPSA) is 84.7 Å². The van der Waals surface area contributed by atoms with Crippen LogP contribution in [0.25, 0.3) is 0 Å². The largest absolute Gasteiger partial charge is 0.363 e. The third-order valence-corrected chi connectivity index (χ3v) is 4.41. The molecule has 2 rings (SSSR count). The predicted molar refractivity (Wildman–Crippen MR) is 74.4 cm³/mol. The van der Waals surface area contributed by atoms with Gasteiger partial charge >= 0.3 is 0 Å². The Morgan fingerprint density at radius 1 is 1.45 bits per heavy atom. The summed E-state index contributed by atoms with van der Waals surface area (Å²) in [5.41, 5.74) is 2.25. The van der Waals surface area contributed by atoms with Crippen molar-refractivity contribution >= 4 is 11.8 Å². The second-order valence-corrected chi connectivity index (χ2v) is 6.90. The van der Waals surface area contributed by atoms with Crippen LogP contribution in [0.4, 0.5) is 0 Å². The molecule has 0 aromatic heterocycles. The van der Waals surface area contributed by atoms with Crippen LogP contribution in [-0.2, 0) is 14.3 Å².